The zero-order valence-corrected chi connectivity index (χ0v) is 13.0. The van der Waals surface area contributed by atoms with Gasteiger partial charge in [0, 0.05) is 9.75 Å². The van der Waals surface area contributed by atoms with Crippen LogP contribution in [-0.4, -0.2) is 12.1 Å². The van der Waals surface area contributed by atoms with Gasteiger partial charge in [-0.15, -0.1) is 11.3 Å². The summed E-state index contributed by atoms with van der Waals surface area (Å²) >= 11 is 1.41. The first-order valence-electron chi connectivity index (χ1n) is 6.68. The summed E-state index contributed by atoms with van der Waals surface area (Å²) in [7, 11) is 0. The zero-order chi connectivity index (χ0) is 16.1. The summed E-state index contributed by atoms with van der Waals surface area (Å²) in [5, 5.41) is 9.07. The SMILES string of the molecule is CC(C)OC(=O)/C(C#N)=C/c1ccc(-c2ccc(F)cc2)s1. The molecule has 0 fully saturated rings. The van der Waals surface area contributed by atoms with Crippen LogP contribution in [0.5, 0.6) is 0 Å². The maximum atomic E-state index is 12.9. The van der Waals surface area contributed by atoms with Crippen molar-refractivity contribution in [3.05, 3.63) is 52.7 Å². The highest BCUT2D eigenvalue weighted by Gasteiger charge is 2.13. The molecule has 0 unspecified atom stereocenters. The van der Waals surface area contributed by atoms with Crippen molar-refractivity contribution in [1.29, 1.82) is 5.26 Å². The van der Waals surface area contributed by atoms with E-state index in [2.05, 4.69) is 0 Å². The van der Waals surface area contributed by atoms with Crippen molar-refractivity contribution in [2.75, 3.05) is 0 Å². The summed E-state index contributed by atoms with van der Waals surface area (Å²) in [6, 6.07) is 11.7. The van der Waals surface area contributed by atoms with Gasteiger partial charge in [0.05, 0.1) is 6.10 Å². The quantitative estimate of drug-likeness (QED) is 0.477. The van der Waals surface area contributed by atoms with Crippen LogP contribution in [0.3, 0.4) is 0 Å². The van der Waals surface area contributed by atoms with E-state index in [0.29, 0.717) is 0 Å². The molecule has 1 aromatic heterocycles. The molecule has 0 N–H and O–H groups in total. The number of nitrogens with zero attached hydrogens (tertiary/aromatic N) is 1. The van der Waals surface area contributed by atoms with Crippen LogP contribution >= 0.6 is 11.3 Å². The Morgan fingerprint density at radius 1 is 1.27 bits per heavy atom. The predicted octanol–water partition coefficient (Wildman–Crippen LogP) is 4.41. The van der Waals surface area contributed by atoms with E-state index in [9.17, 15) is 9.18 Å². The molecule has 1 aromatic carbocycles. The van der Waals surface area contributed by atoms with Gasteiger partial charge in [-0.1, -0.05) is 12.1 Å². The molecule has 2 aromatic rings. The number of halogens is 1. The van der Waals surface area contributed by atoms with Crippen LogP contribution in [0.25, 0.3) is 16.5 Å². The van der Waals surface area contributed by atoms with Crippen LogP contribution in [0, 0.1) is 17.1 Å². The fraction of sp³-hybridized carbons (Fsp3) is 0.176. The van der Waals surface area contributed by atoms with Crippen LogP contribution in [0.4, 0.5) is 4.39 Å². The standard InChI is InChI=1S/C17H14FNO2S/c1-11(2)21-17(20)13(10-19)9-15-7-8-16(22-15)12-3-5-14(18)6-4-12/h3-9,11H,1-2H3/b13-9+. The van der Waals surface area contributed by atoms with Gasteiger partial charge in [0.2, 0.25) is 0 Å². The van der Waals surface area contributed by atoms with E-state index in [4.69, 9.17) is 10.00 Å². The van der Waals surface area contributed by atoms with Crippen molar-refractivity contribution >= 4 is 23.4 Å². The number of rotatable bonds is 4. The van der Waals surface area contributed by atoms with E-state index >= 15 is 0 Å². The topological polar surface area (TPSA) is 50.1 Å². The van der Waals surface area contributed by atoms with Crippen LogP contribution in [0.2, 0.25) is 0 Å². The molecule has 0 bridgehead atoms. The summed E-state index contributed by atoms with van der Waals surface area (Å²) in [5.74, 6) is -0.919. The molecule has 22 heavy (non-hydrogen) atoms. The Kier molecular flexibility index (Phi) is 5.08. The third-order valence-electron chi connectivity index (χ3n) is 2.73. The minimum atomic E-state index is -0.630. The molecule has 3 nitrogen and oxygen atoms in total. The number of hydrogen-bond donors (Lipinski definition) is 0. The fourth-order valence-corrected chi connectivity index (χ4v) is 2.71. The lowest BCUT2D eigenvalue weighted by Gasteiger charge is -2.05. The molecular formula is C17H14FNO2S. The van der Waals surface area contributed by atoms with Crippen LogP contribution in [-0.2, 0) is 9.53 Å². The molecule has 0 atom stereocenters. The number of thiophene rings is 1. The summed E-state index contributed by atoms with van der Waals surface area (Å²) in [4.78, 5) is 13.4. The van der Waals surface area contributed by atoms with Crippen molar-refractivity contribution in [1.82, 2.24) is 0 Å². The van der Waals surface area contributed by atoms with Crippen LogP contribution in [0.15, 0.2) is 42.0 Å². The molecule has 0 saturated carbocycles. The van der Waals surface area contributed by atoms with Crippen LogP contribution < -0.4 is 0 Å². The summed E-state index contributed by atoms with van der Waals surface area (Å²) < 4.78 is 17.9. The second-order valence-corrected chi connectivity index (χ2v) is 5.95. The molecule has 0 aliphatic heterocycles. The summed E-state index contributed by atoms with van der Waals surface area (Å²) in [5.41, 5.74) is 0.843. The highest BCUT2D eigenvalue weighted by atomic mass is 32.1. The molecule has 0 amide bonds. The van der Waals surface area contributed by atoms with Gasteiger partial charge < -0.3 is 4.74 Å². The lowest BCUT2D eigenvalue weighted by atomic mass is 10.2. The monoisotopic (exact) mass is 315 g/mol. The number of esters is 1. The highest BCUT2D eigenvalue weighted by molar-refractivity contribution is 7.16. The fourth-order valence-electron chi connectivity index (χ4n) is 1.76. The second kappa shape index (κ2) is 7.01. The Morgan fingerprint density at radius 3 is 2.55 bits per heavy atom. The minimum absolute atomic E-state index is 0.0405. The average molecular weight is 315 g/mol. The normalized spacial score (nSPS) is 11.3. The maximum Gasteiger partial charge on any atom is 0.349 e. The van der Waals surface area contributed by atoms with Crippen LogP contribution in [0.1, 0.15) is 18.7 Å². The molecule has 0 aliphatic carbocycles. The van der Waals surface area contributed by atoms with Crippen molar-refractivity contribution in [3.8, 4) is 16.5 Å². The number of ether oxygens (including phenoxy) is 1. The van der Waals surface area contributed by atoms with E-state index < -0.39 is 5.97 Å². The highest BCUT2D eigenvalue weighted by Crippen LogP contribution is 2.29. The summed E-state index contributed by atoms with van der Waals surface area (Å²) in [6.45, 7) is 3.45. The number of hydrogen-bond acceptors (Lipinski definition) is 4. The molecule has 112 valence electrons. The molecule has 2 rings (SSSR count). The van der Waals surface area contributed by atoms with Gasteiger partial charge in [-0.3, -0.25) is 0 Å². The van der Waals surface area contributed by atoms with Gasteiger partial charge in [0.25, 0.3) is 0 Å². The molecule has 1 heterocycles. The Labute approximate surface area is 132 Å². The number of carbonyl (C=O) groups excluding carboxylic acids is 1. The Balaban J connectivity index is 2.23. The molecule has 0 saturated heterocycles. The molecular weight excluding hydrogens is 301 g/mol. The molecule has 0 aliphatic rings. The first-order chi connectivity index (χ1) is 10.5. The van der Waals surface area contributed by atoms with E-state index in [1.165, 1.54) is 29.5 Å². The number of nitriles is 1. The van der Waals surface area contributed by atoms with Crippen molar-refractivity contribution in [2.24, 2.45) is 0 Å². The van der Waals surface area contributed by atoms with Crippen molar-refractivity contribution in [2.45, 2.75) is 20.0 Å². The lowest BCUT2D eigenvalue weighted by Crippen LogP contribution is -2.12. The van der Waals surface area contributed by atoms with Crippen molar-refractivity contribution in [3.63, 3.8) is 0 Å². The Hall–Kier alpha value is -2.45. The lowest BCUT2D eigenvalue weighted by molar-refractivity contribution is -0.142. The van der Waals surface area contributed by atoms with Gasteiger partial charge in [0.1, 0.15) is 17.5 Å². The van der Waals surface area contributed by atoms with E-state index in [1.807, 2.05) is 18.2 Å². The van der Waals surface area contributed by atoms with Gasteiger partial charge in [0.15, 0.2) is 0 Å². The third-order valence-corrected chi connectivity index (χ3v) is 3.81. The molecule has 5 heteroatoms. The first kappa shape index (κ1) is 15.9. The van der Waals surface area contributed by atoms with Gasteiger partial charge in [-0.05, 0) is 49.8 Å². The second-order valence-electron chi connectivity index (χ2n) is 4.83. The predicted molar refractivity (Wildman–Crippen MR) is 84.5 cm³/mol. The Morgan fingerprint density at radius 2 is 1.95 bits per heavy atom. The Bertz CT molecular complexity index is 739. The van der Waals surface area contributed by atoms with E-state index in [1.54, 1.807) is 26.0 Å². The number of benzene rings is 1. The van der Waals surface area contributed by atoms with Gasteiger partial charge in [-0.2, -0.15) is 5.26 Å². The largest absolute Gasteiger partial charge is 0.459 e. The van der Waals surface area contributed by atoms with Gasteiger partial charge >= 0.3 is 5.97 Å². The first-order valence-corrected chi connectivity index (χ1v) is 7.50. The maximum absolute atomic E-state index is 12.9. The third kappa shape index (κ3) is 4.03. The summed E-state index contributed by atoms with van der Waals surface area (Å²) in [6.07, 6.45) is 1.23. The van der Waals surface area contributed by atoms with Crippen molar-refractivity contribution < 1.29 is 13.9 Å². The van der Waals surface area contributed by atoms with E-state index in [-0.39, 0.29) is 17.5 Å². The smallest absolute Gasteiger partial charge is 0.349 e. The van der Waals surface area contributed by atoms with Gasteiger partial charge in [-0.25, -0.2) is 9.18 Å². The van der Waals surface area contributed by atoms with E-state index in [0.717, 1.165) is 15.3 Å². The molecule has 0 radical (unpaired) electrons. The number of carbonyl (C=O) groups is 1. The molecule has 0 spiro atoms. The average Bonchev–Trinajstić information content (AvgIpc) is 2.93. The minimum Gasteiger partial charge on any atom is -0.459 e. The zero-order valence-electron chi connectivity index (χ0n) is 12.2.